The molecule has 7 aliphatic rings. The predicted octanol–water partition coefficient (Wildman–Crippen LogP) is -13.1. The van der Waals surface area contributed by atoms with Crippen LogP contribution >= 0.6 is 36.7 Å². The minimum atomic E-state index is -1.90. The summed E-state index contributed by atoms with van der Waals surface area (Å²) in [5.74, 6) is -3.34. The van der Waals surface area contributed by atoms with E-state index < -0.39 is 248 Å². The SMILES string of the molecule is C[C@@H]1[C@@H](O)[C@H](OC[C@H]2O[C@@H](O)[C@H](O)[C@@H](O)[C@@H]2O)O[C@H](COC(=S)NCCC(C(=O)O)N2CCN(CCCNC(=S)OC[C@H]3O[C@@H](OC[C@H]4O[C@@H](O)[C@H](O)[C@@H](O)[C@@H]4O)[C@H](O)[C@@H](O)[C@@H]3O)CCN(C(CCNC(=S)OC[C@H]3O[C@@H](OC[C@H]4O[C@@H](O)[C@H](O)[C@@H](O)[C@@H]4O)[C@H](O)[C@@H](O)[C@@H]3O)C(=O)O)Cc3cccc(n3)C2)[C@H]1O. The minimum absolute atomic E-state index is 0.0350. The van der Waals surface area contributed by atoms with E-state index in [4.69, 9.17) is 98.5 Å². The number of aliphatic carboxylic acids is 2. The number of nitrogens with zero attached hydrogens (tertiary/aromatic N) is 4. The lowest BCUT2D eigenvalue weighted by atomic mass is 9.91. The molecule has 0 saturated carbocycles. The van der Waals surface area contributed by atoms with Gasteiger partial charge in [0.05, 0.1) is 37.3 Å². The molecule has 7 aliphatic heterocycles. The van der Waals surface area contributed by atoms with Crippen LogP contribution in [0.3, 0.4) is 0 Å². The van der Waals surface area contributed by atoms with Gasteiger partial charge < -0.3 is 190 Å². The highest BCUT2D eigenvalue weighted by molar-refractivity contribution is 7.80. The number of pyridine rings is 1. The zero-order chi connectivity index (χ0) is 79.1. The van der Waals surface area contributed by atoms with Crippen molar-refractivity contribution in [1.29, 1.82) is 0 Å². The van der Waals surface area contributed by atoms with Gasteiger partial charge in [0.15, 0.2) is 37.7 Å². The number of thiocarbonyl (C=S) groups is 3. The Balaban J connectivity index is 0.890. The molecule has 6 fully saturated rings. The molecule has 0 amide bonds. The van der Waals surface area contributed by atoms with Crippen LogP contribution in [-0.2, 0) is 79.5 Å². The molecular weight excluding hydrogens is 1510 g/mol. The number of carbonyl (C=O) groups is 2. The number of carboxylic acid groups (broad SMARTS) is 2. The van der Waals surface area contributed by atoms with Gasteiger partial charge in [-0.3, -0.25) is 24.4 Å². The van der Waals surface area contributed by atoms with Gasteiger partial charge in [0, 0.05) is 64.8 Å². The highest BCUT2D eigenvalue weighted by atomic mass is 32.1. The Labute approximate surface area is 633 Å². The van der Waals surface area contributed by atoms with E-state index in [-0.39, 0.29) is 93.8 Å². The summed E-state index contributed by atoms with van der Waals surface area (Å²) in [7, 11) is 0. The second kappa shape index (κ2) is 41.8. The van der Waals surface area contributed by atoms with Crippen LogP contribution in [0, 0.1) is 5.92 Å². The van der Waals surface area contributed by atoms with Gasteiger partial charge in [0.25, 0.3) is 15.5 Å². The van der Waals surface area contributed by atoms with E-state index in [0.717, 1.165) is 0 Å². The molecule has 43 nitrogen and oxygen atoms in total. The van der Waals surface area contributed by atoms with Gasteiger partial charge in [-0.2, -0.15) is 0 Å². The van der Waals surface area contributed by atoms with Crippen LogP contribution in [0.4, 0.5) is 0 Å². The van der Waals surface area contributed by atoms with Crippen LogP contribution in [0.25, 0.3) is 0 Å². The maximum Gasteiger partial charge on any atom is 0.320 e. The van der Waals surface area contributed by atoms with Crippen LogP contribution in [-0.4, -0.2) is 442 Å². The van der Waals surface area contributed by atoms with Gasteiger partial charge in [-0.15, -0.1) is 0 Å². The van der Waals surface area contributed by atoms with Crippen LogP contribution in [0.15, 0.2) is 18.2 Å². The Morgan fingerprint density at radius 1 is 0.426 bits per heavy atom. The summed E-state index contributed by atoms with van der Waals surface area (Å²) in [5, 5.41) is 237. The van der Waals surface area contributed by atoms with Crippen molar-refractivity contribution in [2.45, 2.75) is 229 Å². The third-order valence-electron chi connectivity index (χ3n) is 19.6. The fourth-order valence-electron chi connectivity index (χ4n) is 12.9. The molecule has 6 saturated heterocycles. The van der Waals surface area contributed by atoms with Crippen molar-refractivity contribution < 1.29 is 179 Å². The third kappa shape index (κ3) is 23.8. The normalized spacial score (nSPS) is 39.6. The summed E-state index contributed by atoms with van der Waals surface area (Å²) >= 11 is 16.2. The summed E-state index contributed by atoms with van der Waals surface area (Å²) in [6.07, 6.45) is -48.3. The van der Waals surface area contributed by atoms with E-state index in [9.17, 15) is 122 Å². The Morgan fingerprint density at radius 3 is 1.09 bits per heavy atom. The first-order valence-corrected chi connectivity index (χ1v) is 36.1. The fraction of sp³-hybridized carbons (Fsp3) is 0.839. The number of hydrogen-bond donors (Lipinski definition) is 25. The van der Waals surface area contributed by atoms with E-state index >= 15 is 0 Å². The van der Waals surface area contributed by atoms with Crippen molar-refractivity contribution in [2.24, 2.45) is 5.92 Å². The van der Waals surface area contributed by atoms with E-state index in [1.165, 1.54) is 6.92 Å². The lowest BCUT2D eigenvalue weighted by molar-refractivity contribution is -0.325. The standard InChI is InChI=1S/C62H101N7O36S3/c1-24-35(70)29(103-57(36(24)71)94-18-30-37(72)42(77)47(82)54(91)100-30)21-97-61(107)64-9-6-27(52(87)88)68-14-12-67(11-3-8-63-60(106)98-22-33-40(75)45(80)50(85)58(104-33)95-19-31-38(73)43(78)48(83)55(92)101-31)13-15-69(17-26-5-2-4-25(16-68)66-26)28(53(89)90)7-10-65-62(108)99-23-34-41(76)46(81)51(86)59(105-34)96-20-32-39(74)44(79)49(84)56(93)102-32/h2,4-5,24,27-51,54-59,70-86,91-93H,3,6-23H2,1H3,(H,63,106)(H,64,107)(H,65,108)(H,87,88)(H,89,90)/t24-,27?,28?,29+,30+,31+,32+,33+,34+,35-,36+,37+,38+,39+,40+,41+,42-,43-,44-,45-,46-,47+,48+,49+,50+,51+,54+,55+,56+,57+,58+,59+/m0/s1. The zero-order valence-electron chi connectivity index (χ0n) is 58.2. The Morgan fingerprint density at radius 2 is 0.741 bits per heavy atom. The van der Waals surface area contributed by atoms with Crippen molar-refractivity contribution in [2.75, 3.05) is 92.0 Å². The molecule has 618 valence electrons. The first-order valence-electron chi connectivity index (χ1n) is 34.9. The molecule has 0 aromatic carbocycles. The summed E-state index contributed by atoms with van der Waals surface area (Å²) in [4.78, 5) is 36.8. The molecule has 46 heteroatoms. The summed E-state index contributed by atoms with van der Waals surface area (Å²) in [5.41, 5.74) is 0.822. The maximum atomic E-state index is 13.3. The predicted molar refractivity (Wildman–Crippen MR) is 366 cm³/mol. The molecule has 8 heterocycles. The van der Waals surface area contributed by atoms with Gasteiger partial charge in [0.2, 0.25) is 0 Å². The topological polar surface area (TPSA) is 649 Å². The lowest BCUT2D eigenvalue weighted by Crippen LogP contribution is -2.61. The van der Waals surface area contributed by atoms with Gasteiger partial charge in [-0.25, -0.2) is 0 Å². The number of aromatic nitrogens is 1. The molecule has 1 aromatic rings. The van der Waals surface area contributed by atoms with E-state index in [1.807, 2.05) is 4.90 Å². The molecule has 25 N–H and O–H groups in total. The first-order chi connectivity index (χ1) is 51.1. The quantitative estimate of drug-likeness (QED) is 0.0262. The lowest BCUT2D eigenvalue weighted by Gasteiger charge is -2.42. The molecular formula is C62H101N7O36S3. The number of aliphatic hydroxyl groups is 20. The van der Waals surface area contributed by atoms with Crippen LogP contribution in [0.5, 0.6) is 0 Å². The van der Waals surface area contributed by atoms with Crippen LogP contribution in [0.2, 0.25) is 0 Å². The zero-order valence-corrected chi connectivity index (χ0v) is 60.7. The van der Waals surface area contributed by atoms with Crippen molar-refractivity contribution in [3.63, 3.8) is 0 Å². The fourth-order valence-corrected chi connectivity index (χ4v) is 13.4. The number of nitrogens with one attached hydrogen (secondary N) is 3. The van der Waals surface area contributed by atoms with E-state index in [1.54, 1.807) is 28.0 Å². The van der Waals surface area contributed by atoms with Gasteiger partial charge in [0.1, 0.15) is 166 Å². The highest BCUT2D eigenvalue weighted by Gasteiger charge is 2.51. The minimum Gasteiger partial charge on any atom is -0.480 e. The van der Waals surface area contributed by atoms with E-state index in [0.29, 0.717) is 17.8 Å². The molecule has 0 spiro atoms. The van der Waals surface area contributed by atoms with Crippen LogP contribution < -0.4 is 16.0 Å². The Kier molecular flexibility index (Phi) is 34.6. The van der Waals surface area contributed by atoms with Gasteiger partial charge >= 0.3 is 11.9 Å². The number of carboxylic acids is 2. The summed E-state index contributed by atoms with van der Waals surface area (Å²) in [6.45, 7) is -1.16. The molecule has 2 unspecified atom stereocenters. The average molecular weight is 1620 g/mol. The van der Waals surface area contributed by atoms with Crippen molar-refractivity contribution in [1.82, 2.24) is 35.6 Å². The number of ether oxygens (including phenoxy) is 12. The molecule has 32 atom stereocenters. The molecule has 2 bridgehead atoms. The van der Waals surface area contributed by atoms with Crippen molar-refractivity contribution in [3.05, 3.63) is 29.6 Å². The molecule has 8 rings (SSSR count). The second-order valence-electron chi connectivity index (χ2n) is 27.1. The summed E-state index contributed by atoms with van der Waals surface area (Å²) in [6, 6.07) is 2.58. The van der Waals surface area contributed by atoms with Gasteiger partial charge in [-0.1, -0.05) is 13.0 Å². The molecule has 108 heavy (non-hydrogen) atoms. The third-order valence-corrected chi connectivity index (χ3v) is 20.4. The Hall–Kier alpha value is -4.12. The number of fused-ring (bicyclic) bond motifs is 2. The molecule has 1 aromatic heterocycles. The number of hydrogen-bond acceptors (Lipinski definition) is 41. The van der Waals surface area contributed by atoms with Crippen molar-refractivity contribution in [3.8, 4) is 0 Å². The largest absolute Gasteiger partial charge is 0.480 e. The Bertz CT molecular complexity index is 2860. The average Bonchev–Trinajstić information content (AvgIpc) is 0.795. The highest BCUT2D eigenvalue weighted by Crippen LogP contribution is 2.31. The summed E-state index contributed by atoms with van der Waals surface area (Å²) < 4.78 is 66.1. The van der Waals surface area contributed by atoms with E-state index in [2.05, 4.69) is 16.0 Å². The van der Waals surface area contributed by atoms with Crippen LogP contribution in [0.1, 0.15) is 37.6 Å². The van der Waals surface area contributed by atoms with Gasteiger partial charge in [-0.05, 0) is 74.6 Å². The number of aliphatic hydroxyl groups excluding tert-OH is 20. The number of rotatable bonds is 29. The maximum absolute atomic E-state index is 13.3. The first kappa shape index (κ1) is 89.4. The monoisotopic (exact) mass is 1620 g/mol. The second-order valence-corrected chi connectivity index (χ2v) is 28.3. The smallest absolute Gasteiger partial charge is 0.320 e. The molecule has 0 radical (unpaired) electrons. The molecule has 0 aliphatic carbocycles. The van der Waals surface area contributed by atoms with Crippen molar-refractivity contribution >= 4 is 64.1 Å².